The molecule has 490 valence electrons. The maximum absolute atomic E-state index is 11.7. The Bertz CT molecular complexity index is 2240. The molecule has 9 rings (SSSR count). The molecule has 0 aromatic heterocycles. The van der Waals surface area contributed by atoms with E-state index in [4.69, 9.17) is 47.4 Å². The molecule has 4 aliphatic carbocycles. The van der Waals surface area contributed by atoms with Crippen LogP contribution in [-0.4, -0.2) is 286 Å². The van der Waals surface area contributed by atoms with Crippen molar-refractivity contribution < 1.29 is 134 Å². The number of ether oxygens (including phenoxy) is 10. The van der Waals surface area contributed by atoms with Gasteiger partial charge in [0.2, 0.25) is 0 Å². The highest BCUT2D eigenvalue weighted by Gasteiger charge is 2.61. The van der Waals surface area contributed by atoms with Gasteiger partial charge in [-0.2, -0.15) is 0 Å². The predicted molar refractivity (Wildman–Crippen MR) is 288 cm³/mol. The number of hydrogen-bond acceptors (Lipinski definition) is 27. The third-order valence-corrected chi connectivity index (χ3v) is 21.3. The second kappa shape index (κ2) is 27.7. The average Bonchev–Trinajstić information content (AvgIpc) is 1.80. The summed E-state index contributed by atoms with van der Waals surface area (Å²) in [5, 5.41) is 181. The lowest BCUT2D eigenvalue weighted by molar-refractivity contribution is -0.377. The smallest absolute Gasteiger partial charge is 0.187 e. The molecule has 17 N–H and O–H groups in total. The minimum atomic E-state index is -1.95. The molecule has 34 unspecified atom stereocenters. The summed E-state index contributed by atoms with van der Waals surface area (Å²) in [6, 6.07) is 0. The van der Waals surface area contributed by atoms with Crippen molar-refractivity contribution in [1.82, 2.24) is 0 Å². The van der Waals surface area contributed by atoms with Gasteiger partial charge in [0.05, 0.1) is 45.2 Å². The van der Waals surface area contributed by atoms with Gasteiger partial charge >= 0.3 is 0 Å². The zero-order valence-corrected chi connectivity index (χ0v) is 49.1. The summed E-state index contributed by atoms with van der Waals surface area (Å²) < 4.78 is 59.8. The van der Waals surface area contributed by atoms with E-state index < -0.39 is 199 Å². The second-order valence-corrected chi connectivity index (χ2v) is 26.4. The first-order valence-corrected chi connectivity index (χ1v) is 30.3. The summed E-state index contributed by atoms with van der Waals surface area (Å²) in [5.74, 6) is 1.04. The second-order valence-electron chi connectivity index (χ2n) is 26.4. The Hall–Kier alpha value is -1.60. The van der Waals surface area contributed by atoms with Gasteiger partial charge in [0.25, 0.3) is 0 Å². The summed E-state index contributed by atoms with van der Waals surface area (Å²) in [5.41, 5.74) is 3.05. The van der Waals surface area contributed by atoms with Crippen molar-refractivity contribution in [1.29, 1.82) is 0 Å². The maximum atomic E-state index is 11.7. The number of hydrogen-bond donors (Lipinski definition) is 17. The van der Waals surface area contributed by atoms with Gasteiger partial charge in [0.15, 0.2) is 31.5 Å². The van der Waals surface area contributed by atoms with E-state index in [0.717, 1.165) is 49.7 Å². The highest BCUT2D eigenvalue weighted by molar-refractivity contribution is 5.26. The molecule has 9 aliphatic rings. The van der Waals surface area contributed by atoms with Crippen LogP contribution in [0.4, 0.5) is 0 Å². The molecular weight excluding hydrogens is 1130 g/mol. The SMILES string of the molecule is CC(C)=C(C)CC(OC1OC(CO)C(O)C(O)C1OC1OC(COC2OC(CO)C(O)C(O)C2O)C(O)C(O)C1O)C(C)C1CCC2C3CC=C4CC(OC5OC(COC6OC(CO)C(O)C(O)C6O)C(O)C(O)C5O)CCC4(C)C3CCC12C. The Balaban J connectivity index is 0.867. The van der Waals surface area contributed by atoms with E-state index in [9.17, 15) is 86.8 Å². The zero-order valence-electron chi connectivity index (χ0n) is 49.1. The van der Waals surface area contributed by atoms with E-state index >= 15 is 0 Å². The first kappa shape index (κ1) is 67.8. The third-order valence-electron chi connectivity index (χ3n) is 21.3. The van der Waals surface area contributed by atoms with Gasteiger partial charge in [0, 0.05) is 0 Å². The Labute approximate surface area is 494 Å². The lowest BCUT2D eigenvalue weighted by Crippen LogP contribution is -2.65. The molecule has 3 saturated carbocycles. The molecule has 0 spiro atoms. The third kappa shape index (κ3) is 13.3. The Morgan fingerprint density at radius 1 is 0.518 bits per heavy atom. The van der Waals surface area contributed by atoms with Gasteiger partial charge in [-0.15, -0.1) is 0 Å². The molecule has 34 atom stereocenters. The number of aliphatic hydroxyl groups excluding tert-OH is 17. The summed E-state index contributed by atoms with van der Waals surface area (Å²) in [4.78, 5) is 0. The fourth-order valence-electron chi connectivity index (χ4n) is 15.7. The lowest BCUT2D eigenvalue weighted by Gasteiger charge is -2.59. The topological polar surface area (TPSA) is 436 Å². The largest absolute Gasteiger partial charge is 0.394 e. The van der Waals surface area contributed by atoms with Crippen molar-refractivity contribution in [2.75, 3.05) is 33.0 Å². The number of fused-ring (bicyclic) bond motifs is 5. The van der Waals surface area contributed by atoms with Crippen molar-refractivity contribution in [2.45, 2.75) is 265 Å². The van der Waals surface area contributed by atoms with Gasteiger partial charge in [0.1, 0.15) is 122 Å². The molecule has 0 radical (unpaired) electrons. The van der Waals surface area contributed by atoms with Gasteiger partial charge in [-0.05, 0) is 119 Å². The zero-order chi connectivity index (χ0) is 61.9. The molecule has 5 aliphatic heterocycles. The minimum absolute atomic E-state index is 0.134. The van der Waals surface area contributed by atoms with Crippen LogP contribution in [-0.2, 0) is 47.4 Å². The minimum Gasteiger partial charge on any atom is -0.394 e. The fraction of sp³-hybridized carbons (Fsp3) is 0.931. The normalized spacial score (nSPS) is 51.0. The van der Waals surface area contributed by atoms with Crippen molar-refractivity contribution in [3.8, 4) is 0 Å². The molecule has 8 fully saturated rings. The van der Waals surface area contributed by atoms with Crippen LogP contribution >= 0.6 is 0 Å². The van der Waals surface area contributed by atoms with Crippen LogP contribution in [0, 0.1) is 40.4 Å². The summed E-state index contributed by atoms with van der Waals surface area (Å²) in [7, 11) is 0. The summed E-state index contributed by atoms with van der Waals surface area (Å²) in [6.07, 6.45) is -32.2. The van der Waals surface area contributed by atoms with E-state index in [1.54, 1.807) is 0 Å². The summed E-state index contributed by atoms with van der Waals surface area (Å²) >= 11 is 0. The van der Waals surface area contributed by atoms with Crippen molar-refractivity contribution in [2.24, 2.45) is 40.4 Å². The number of allylic oxidation sites excluding steroid dienone is 2. The van der Waals surface area contributed by atoms with Gasteiger partial charge in [-0.3, -0.25) is 0 Å². The highest BCUT2D eigenvalue weighted by Crippen LogP contribution is 2.68. The Morgan fingerprint density at radius 3 is 1.48 bits per heavy atom. The molecule has 85 heavy (non-hydrogen) atoms. The first-order valence-electron chi connectivity index (χ1n) is 30.3. The van der Waals surface area contributed by atoms with Crippen molar-refractivity contribution in [3.63, 3.8) is 0 Å². The van der Waals surface area contributed by atoms with Crippen LogP contribution in [0.2, 0.25) is 0 Å². The maximum Gasteiger partial charge on any atom is 0.187 e. The quantitative estimate of drug-likeness (QED) is 0.0545. The van der Waals surface area contributed by atoms with Crippen LogP contribution in [0.1, 0.15) is 99.3 Å². The van der Waals surface area contributed by atoms with E-state index in [2.05, 4.69) is 26.8 Å². The average molecular weight is 1230 g/mol. The molecule has 27 heteroatoms. The molecule has 0 bridgehead atoms. The van der Waals surface area contributed by atoms with Crippen LogP contribution in [0.25, 0.3) is 0 Å². The van der Waals surface area contributed by atoms with Crippen LogP contribution in [0.5, 0.6) is 0 Å². The van der Waals surface area contributed by atoms with Gasteiger partial charge in [-0.1, -0.05) is 43.6 Å². The molecule has 0 aromatic rings. The fourth-order valence-corrected chi connectivity index (χ4v) is 15.7. The Morgan fingerprint density at radius 2 is 0.976 bits per heavy atom. The number of rotatable bonds is 19. The van der Waals surface area contributed by atoms with Gasteiger partial charge in [-0.25, -0.2) is 0 Å². The first-order chi connectivity index (χ1) is 40.2. The van der Waals surface area contributed by atoms with Crippen molar-refractivity contribution >= 4 is 0 Å². The predicted octanol–water partition coefficient (Wildman–Crippen LogP) is -4.21. The summed E-state index contributed by atoms with van der Waals surface area (Å²) in [6.45, 7) is 9.62. The van der Waals surface area contributed by atoms with Crippen molar-refractivity contribution in [3.05, 3.63) is 22.8 Å². The molecule has 0 amide bonds. The molecule has 27 nitrogen and oxygen atoms in total. The number of aliphatic hydroxyl groups is 17. The van der Waals surface area contributed by atoms with E-state index in [1.807, 2.05) is 20.8 Å². The van der Waals surface area contributed by atoms with Gasteiger partial charge < -0.3 is 134 Å². The van der Waals surface area contributed by atoms with E-state index in [1.165, 1.54) is 5.57 Å². The molecule has 5 heterocycles. The lowest BCUT2D eigenvalue weighted by atomic mass is 9.47. The molecule has 0 aromatic carbocycles. The van der Waals surface area contributed by atoms with Crippen LogP contribution in [0.15, 0.2) is 22.8 Å². The van der Waals surface area contributed by atoms with E-state index in [-0.39, 0.29) is 22.7 Å². The monoisotopic (exact) mass is 1220 g/mol. The molecule has 5 saturated heterocycles. The Kier molecular flexibility index (Phi) is 22.1. The highest BCUT2D eigenvalue weighted by atomic mass is 16.8. The van der Waals surface area contributed by atoms with Crippen LogP contribution < -0.4 is 0 Å². The van der Waals surface area contributed by atoms with Crippen LogP contribution in [0.3, 0.4) is 0 Å². The standard InChI is InChI=1S/C58H96O27/c1-22(2)23(3)15-31(79-56-51(46(71)39(64)34(19-61)82-56)85-55-50(75)45(70)41(66)36(84-55)21-77-53-48(73)43(68)38(63)33(18-60)81-53)24(4)28-9-10-29-27-8-7-25-16-26(11-13-57(25,5)30(27)12-14-58(28,29)6)78-54-49(74)44(69)40(65)35(83-54)20-76-52-47(72)42(67)37(62)32(17-59)80-52/h7,24,26-56,59-75H,8-21H2,1-6H3. The van der Waals surface area contributed by atoms with E-state index in [0.29, 0.717) is 37.0 Å². The molecular formula is C58H96O27.